The molecule has 0 unspecified atom stereocenters. The number of benzene rings is 2. The van der Waals surface area contributed by atoms with Crippen LogP contribution in [0.2, 0.25) is 0 Å². The van der Waals surface area contributed by atoms with E-state index in [4.69, 9.17) is 5.84 Å². The largest absolute Gasteiger partial charge is 0.313 e. The van der Waals surface area contributed by atoms with Crippen LogP contribution in [-0.2, 0) is 5.75 Å². The smallest absolute Gasteiger partial charge is 0.126 e. The standard InChI is InChI=1S/C18H21FN2S/c1-12-14(5-3-7-16(12)19)11-22-18-15(13-9-10-13)6-4-8-17(18)21(2)20/h3-8,13H,9-11,20H2,1-2H3. The molecule has 2 aromatic rings. The van der Waals surface area contributed by atoms with Gasteiger partial charge in [0.15, 0.2) is 0 Å². The molecule has 0 atom stereocenters. The monoisotopic (exact) mass is 316 g/mol. The first kappa shape index (κ1) is 15.4. The van der Waals surface area contributed by atoms with Crippen molar-refractivity contribution in [1.82, 2.24) is 0 Å². The first-order valence-corrected chi connectivity index (χ1v) is 8.54. The summed E-state index contributed by atoms with van der Waals surface area (Å²) in [6, 6.07) is 11.6. The zero-order chi connectivity index (χ0) is 15.7. The topological polar surface area (TPSA) is 29.3 Å². The number of anilines is 1. The average Bonchev–Trinajstić information content (AvgIpc) is 3.33. The molecule has 0 aliphatic heterocycles. The van der Waals surface area contributed by atoms with Crippen molar-refractivity contribution < 1.29 is 4.39 Å². The Morgan fingerprint density at radius 2 is 1.95 bits per heavy atom. The zero-order valence-electron chi connectivity index (χ0n) is 13.0. The zero-order valence-corrected chi connectivity index (χ0v) is 13.8. The molecule has 116 valence electrons. The minimum atomic E-state index is -0.134. The Balaban J connectivity index is 1.89. The van der Waals surface area contributed by atoms with Crippen molar-refractivity contribution in [3.8, 4) is 0 Å². The van der Waals surface area contributed by atoms with Gasteiger partial charge in [0.25, 0.3) is 0 Å². The summed E-state index contributed by atoms with van der Waals surface area (Å²) in [5.41, 5.74) is 4.21. The molecule has 0 spiro atoms. The average molecular weight is 316 g/mol. The van der Waals surface area contributed by atoms with Crippen molar-refractivity contribution in [3.05, 3.63) is 58.9 Å². The van der Waals surface area contributed by atoms with Gasteiger partial charge in [-0.2, -0.15) is 0 Å². The molecule has 1 fully saturated rings. The Labute approximate surface area is 135 Å². The van der Waals surface area contributed by atoms with Gasteiger partial charge in [-0.05, 0) is 54.5 Å². The van der Waals surface area contributed by atoms with Gasteiger partial charge in [-0.3, -0.25) is 0 Å². The van der Waals surface area contributed by atoms with Crippen molar-refractivity contribution >= 4 is 17.4 Å². The number of rotatable bonds is 5. The van der Waals surface area contributed by atoms with E-state index >= 15 is 0 Å². The van der Waals surface area contributed by atoms with E-state index in [2.05, 4.69) is 12.1 Å². The van der Waals surface area contributed by atoms with E-state index < -0.39 is 0 Å². The summed E-state index contributed by atoms with van der Waals surface area (Å²) in [4.78, 5) is 1.23. The van der Waals surface area contributed by atoms with Crippen molar-refractivity contribution in [3.63, 3.8) is 0 Å². The Morgan fingerprint density at radius 3 is 2.64 bits per heavy atom. The van der Waals surface area contributed by atoms with E-state index in [1.165, 1.54) is 29.4 Å². The second-order valence-electron chi connectivity index (χ2n) is 5.89. The van der Waals surface area contributed by atoms with Gasteiger partial charge < -0.3 is 5.01 Å². The van der Waals surface area contributed by atoms with Gasteiger partial charge in [0.1, 0.15) is 5.82 Å². The van der Waals surface area contributed by atoms with E-state index in [1.807, 2.05) is 26.1 Å². The third-order valence-corrected chi connectivity index (χ3v) is 5.36. The first-order valence-electron chi connectivity index (χ1n) is 7.56. The number of nitrogens with zero attached hydrogens (tertiary/aromatic N) is 1. The maximum atomic E-state index is 13.7. The molecule has 1 aliphatic carbocycles. The normalized spacial score (nSPS) is 14.2. The third-order valence-electron chi connectivity index (χ3n) is 4.17. The highest BCUT2D eigenvalue weighted by molar-refractivity contribution is 7.98. The molecule has 3 rings (SSSR count). The molecule has 2 aromatic carbocycles. The summed E-state index contributed by atoms with van der Waals surface area (Å²) in [5.74, 6) is 7.27. The Hall–Kier alpha value is -1.52. The highest BCUT2D eigenvalue weighted by Crippen LogP contribution is 2.47. The molecule has 2 N–H and O–H groups in total. The molecular formula is C18H21FN2S. The van der Waals surface area contributed by atoms with Gasteiger partial charge in [0, 0.05) is 17.7 Å². The van der Waals surface area contributed by atoms with Crippen molar-refractivity contribution in [2.24, 2.45) is 5.84 Å². The van der Waals surface area contributed by atoms with Crippen LogP contribution in [0.3, 0.4) is 0 Å². The summed E-state index contributed by atoms with van der Waals surface area (Å²) in [5, 5.41) is 1.67. The molecule has 2 nitrogen and oxygen atoms in total. The first-order chi connectivity index (χ1) is 10.6. The summed E-state index contributed by atoms with van der Waals surface area (Å²) < 4.78 is 13.7. The highest BCUT2D eigenvalue weighted by atomic mass is 32.2. The molecule has 0 aromatic heterocycles. The van der Waals surface area contributed by atoms with Crippen LogP contribution >= 0.6 is 11.8 Å². The lowest BCUT2D eigenvalue weighted by molar-refractivity contribution is 0.616. The van der Waals surface area contributed by atoms with Crippen molar-refractivity contribution in [2.75, 3.05) is 12.1 Å². The highest BCUT2D eigenvalue weighted by Gasteiger charge is 2.27. The maximum Gasteiger partial charge on any atom is 0.126 e. The minimum absolute atomic E-state index is 0.134. The number of hydrogen-bond acceptors (Lipinski definition) is 3. The second kappa shape index (κ2) is 6.31. The summed E-state index contributed by atoms with van der Waals surface area (Å²) in [6.07, 6.45) is 2.51. The van der Waals surface area contributed by atoms with Crippen LogP contribution in [0.25, 0.3) is 0 Å². The molecule has 0 heterocycles. The van der Waals surface area contributed by atoms with Gasteiger partial charge >= 0.3 is 0 Å². The van der Waals surface area contributed by atoms with E-state index in [1.54, 1.807) is 22.8 Å². The molecule has 22 heavy (non-hydrogen) atoms. The minimum Gasteiger partial charge on any atom is -0.313 e. The molecule has 0 amide bonds. The van der Waals surface area contributed by atoms with Gasteiger partial charge in [-0.1, -0.05) is 24.3 Å². The summed E-state index contributed by atoms with van der Waals surface area (Å²) >= 11 is 1.76. The molecule has 0 bridgehead atoms. The van der Waals surface area contributed by atoms with Gasteiger partial charge in [-0.25, -0.2) is 10.2 Å². The van der Waals surface area contributed by atoms with Crippen LogP contribution < -0.4 is 10.9 Å². The fraction of sp³-hybridized carbons (Fsp3) is 0.333. The quantitative estimate of drug-likeness (QED) is 0.496. The van der Waals surface area contributed by atoms with E-state index in [0.29, 0.717) is 5.92 Å². The number of hydrazine groups is 1. The fourth-order valence-corrected chi connectivity index (χ4v) is 4.03. The molecule has 0 radical (unpaired) electrons. The van der Waals surface area contributed by atoms with Crippen LogP contribution in [0.5, 0.6) is 0 Å². The lowest BCUT2D eigenvalue weighted by Gasteiger charge is -2.20. The summed E-state index contributed by atoms with van der Waals surface area (Å²) in [7, 11) is 1.86. The van der Waals surface area contributed by atoms with Crippen LogP contribution in [0.1, 0.15) is 35.4 Å². The number of thioether (sulfide) groups is 1. The van der Waals surface area contributed by atoms with Crippen molar-refractivity contribution in [1.29, 1.82) is 0 Å². The van der Waals surface area contributed by atoms with Crippen LogP contribution in [0.15, 0.2) is 41.3 Å². The SMILES string of the molecule is Cc1c(F)cccc1CSc1c(C2CC2)cccc1N(C)N. The summed E-state index contributed by atoms with van der Waals surface area (Å²) in [6.45, 7) is 1.84. The maximum absolute atomic E-state index is 13.7. The number of hydrogen-bond donors (Lipinski definition) is 1. The van der Waals surface area contributed by atoms with Gasteiger partial charge in [0.2, 0.25) is 0 Å². The van der Waals surface area contributed by atoms with E-state index in [9.17, 15) is 4.39 Å². The Kier molecular flexibility index (Phi) is 4.41. The van der Waals surface area contributed by atoms with Crippen LogP contribution in [0, 0.1) is 12.7 Å². The lowest BCUT2D eigenvalue weighted by atomic mass is 10.1. The van der Waals surface area contributed by atoms with Gasteiger partial charge in [-0.15, -0.1) is 11.8 Å². The third kappa shape index (κ3) is 3.13. The predicted octanol–water partition coefficient (Wildman–Crippen LogP) is 4.61. The van der Waals surface area contributed by atoms with Gasteiger partial charge in [0.05, 0.1) is 5.69 Å². The molecule has 4 heteroatoms. The van der Waals surface area contributed by atoms with E-state index in [-0.39, 0.29) is 5.82 Å². The second-order valence-corrected chi connectivity index (χ2v) is 6.88. The molecule has 0 saturated heterocycles. The lowest BCUT2D eigenvalue weighted by Crippen LogP contribution is -2.25. The number of halogens is 1. The van der Waals surface area contributed by atoms with Crippen LogP contribution in [-0.4, -0.2) is 7.05 Å². The Morgan fingerprint density at radius 1 is 1.23 bits per heavy atom. The van der Waals surface area contributed by atoms with E-state index in [0.717, 1.165) is 22.6 Å². The molecule has 1 aliphatic rings. The van der Waals surface area contributed by atoms with Crippen molar-refractivity contribution in [2.45, 2.75) is 36.3 Å². The molecule has 1 saturated carbocycles. The fourth-order valence-electron chi connectivity index (χ4n) is 2.65. The molecular weight excluding hydrogens is 295 g/mol. The van der Waals surface area contributed by atoms with Crippen LogP contribution in [0.4, 0.5) is 10.1 Å². The Bertz CT molecular complexity index is 661. The number of nitrogens with two attached hydrogens (primary N) is 1. The predicted molar refractivity (Wildman–Crippen MR) is 91.7 cm³/mol.